The summed E-state index contributed by atoms with van der Waals surface area (Å²) >= 11 is 0. The van der Waals surface area contributed by atoms with Gasteiger partial charge in [0, 0.05) is 18.7 Å². The van der Waals surface area contributed by atoms with E-state index in [-0.39, 0.29) is 23.5 Å². The van der Waals surface area contributed by atoms with Crippen LogP contribution in [-0.2, 0) is 4.79 Å². The van der Waals surface area contributed by atoms with E-state index < -0.39 is 23.0 Å². The molecule has 1 aromatic rings. The van der Waals surface area contributed by atoms with Crippen molar-refractivity contribution in [2.45, 2.75) is 18.6 Å². The molecule has 2 unspecified atom stereocenters. The number of rotatable bonds is 3. The molecule has 19 heavy (non-hydrogen) atoms. The Hall–Kier alpha value is -2.19. The van der Waals surface area contributed by atoms with Gasteiger partial charge in [-0.05, 0) is 12.5 Å². The minimum Gasteiger partial charge on any atom is -0.506 e. The van der Waals surface area contributed by atoms with Crippen LogP contribution in [0.2, 0.25) is 0 Å². The molecule has 1 fully saturated rings. The first-order chi connectivity index (χ1) is 8.97. The van der Waals surface area contributed by atoms with Gasteiger partial charge in [0.05, 0.1) is 22.8 Å². The van der Waals surface area contributed by atoms with Gasteiger partial charge in [-0.25, -0.2) is 0 Å². The monoisotopic (exact) mass is 267 g/mol. The minimum atomic E-state index is -0.618. The van der Waals surface area contributed by atoms with Crippen molar-refractivity contribution in [1.29, 1.82) is 0 Å². The van der Waals surface area contributed by atoms with E-state index in [0.717, 1.165) is 18.2 Å². The Morgan fingerprint density at radius 3 is 2.84 bits per heavy atom. The van der Waals surface area contributed by atoms with Crippen LogP contribution in [0.4, 0.5) is 11.4 Å². The first-order valence-electron chi connectivity index (χ1n) is 5.67. The number of aromatic hydroxyl groups is 1. The molecule has 1 saturated heterocycles. The zero-order chi connectivity index (χ0) is 14.0. The van der Waals surface area contributed by atoms with Crippen LogP contribution in [0.1, 0.15) is 6.42 Å². The van der Waals surface area contributed by atoms with Gasteiger partial charge < -0.3 is 20.8 Å². The third-order valence-electron chi connectivity index (χ3n) is 2.87. The Morgan fingerprint density at radius 2 is 2.26 bits per heavy atom. The Labute approximate surface area is 108 Å². The first-order valence-corrected chi connectivity index (χ1v) is 5.67. The minimum absolute atomic E-state index is 0.0256. The van der Waals surface area contributed by atoms with Crippen molar-refractivity contribution in [3.63, 3.8) is 0 Å². The molecule has 0 bridgehead atoms. The maximum Gasteiger partial charge on any atom is 0.271 e. The second-order valence-electron chi connectivity index (χ2n) is 4.30. The summed E-state index contributed by atoms with van der Waals surface area (Å²) in [5.41, 5.74) is -0.255. The lowest BCUT2D eigenvalue weighted by Crippen LogP contribution is -2.35. The van der Waals surface area contributed by atoms with Gasteiger partial charge in [0.15, 0.2) is 0 Å². The summed E-state index contributed by atoms with van der Waals surface area (Å²) in [6.07, 6.45) is -0.323. The Balaban J connectivity index is 2.12. The van der Waals surface area contributed by atoms with E-state index in [1.807, 2.05) is 0 Å². The van der Waals surface area contributed by atoms with Gasteiger partial charge in [0.25, 0.3) is 5.69 Å². The smallest absolute Gasteiger partial charge is 0.271 e. The van der Waals surface area contributed by atoms with Gasteiger partial charge >= 0.3 is 0 Å². The molecule has 0 aliphatic carbocycles. The van der Waals surface area contributed by atoms with Crippen LogP contribution < -0.4 is 10.6 Å². The second kappa shape index (κ2) is 5.21. The van der Waals surface area contributed by atoms with Crippen LogP contribution in [0.15, 0.2) is 18.2 Å². The molecule has 2 rings (SSSR count). The summed E-state index contributed by atoms with van der Waals surface area (Å²) < 4.78 is 0. The highest BCUT2D eigenvalue weighted by atomic mass is 16.6. The first kappa shape index (κ1) is 13.2. The molecule has 0 radical (unpaired) electrons. The maximum absolute atomic E-state index is 11.8. The highest BCUT2D eigenvalue weighted by molar-refractivity contribution is 5.96. The summed E-state index contributed by atoms with van der Waals surface area (Å²) in [5.74, 6) is -0.704. The number of amides is 1. The van der Waals surface area contributed by atoms with Crippen LogP contribution in [0, 0.1) is 10.1 Å². The number of anilines is 1. The van der Waals surface area contributed by atoms with E-state index in [1.54, 1.807) is 0 Å². The van der Waals surface area contributed by atoms with E-state index in [4.69, 9.17) is 0 Å². The fraction of sp³-hybridized carbons (Fsp3) is 0.364. The van der Waals surface area contributed by atoms with Gasteiger partial charge in [-0.3, -0.25) is 14.9 Å². The zero-order valence-electron chi connectivity index (χ0n) is 9.87. The SMILES string of the molecule is O=C(Nc1cc([N+](=O)[O-])ccc1O)C1CC(O)CN1. The molecular formula is C11H13N3O5. The van der Waals surface area contributed by atoms with Gasteiger partial charge in [-0.1, -0.05) is 0 Å². The number of aliphatic hydroxyl groups excluding tert-OH is 1. The Bertz CT molecular complexity index is 519. The molecule has 0 aromatic heterocycles. The lowest BCUT2D eigenvalue weighted by molar-refractivity contribution is -0.384. The summed E-state index contributed by atoms with van der Waals surface area (Å²) in [6.45, 7) is 0.318. The molecule has 0 spiro atoms. The normalized spacial score (nSPS) is 22.2. The van der Waals surface area contributed by atoms with Crippen molar-refractivity contribution >= 4 is 17.3 Å². The van der Waals surface area contributed by atoms with Gasteiger partial charge in [-0.2, -0.15) is 0 Å². The number of nitrogens with one attached hydrogen (secondary N) is 2. The quantitative estimate of drug-likeness (QED) is 0.346. The van der Waals surface area contributed by atoms with Crippen molar-refractivity contribution < 1.29 is 19.9 Å². The summed E-state index contributed by atoms with van der Waals surface area (Å²) in [7, 11) is 0. The lowest BCUT2D eigenvalue weighted by Gasteiger charge is -2.11. The van der Waals surface area contributed by atoms with E-state index >= 15 is 0 Å². The number of carbonyl (C=O) groups excluding carboxylic acids is 1. The highest BCUT2D eigenvalue weighted by Crippen LogP contribution is 2.28. The number of non-ortho nitro benzene ring substituents is 1. The zero-order valence-corrected chi connectivity index (χ0v) is 9.87. The molecule has 1 amide bonds. The predicted molar refractivity (Wildman–Crippen MR) is 65.8 cm³/mol. The standard InChI is InChI=1S/C11H13N3O5/c15-7-4-9(12-5-7)11(17)13-8-3-6(14(18)19)1-2-10(8)16/h1-3,7,9,12,15-16H,4-5H2,(H,13,17). The average molecular weight is 267 g/mol. The highest BCUT2D eigenvalue weighted by Gasteiger charge is 2.28. The number of phenols is 1. The molecule has 4 N–H and O–H groups in total. The molecular weight excluding hydrogens is 254 g/mol. The Kier molecular flexibility index (Phi) is 3.63. The van der Waals surface area contributed by atoms with Gasteiger partial charge in [-0.15, -0.1) is 0 Å². The topological polar surface area (TPSA) is 125 Å². The van der Waals surface area contributed by atoms with E-state index in [9.17, 15) is 25.1 Å². The number of phenolic OH excluding ortho intramolecular Hbond substituents is 1. The maximum atomic E-state index is 11.8. The molecule has 0 saturated carbocycles. The number of benzene rings is 1. The largest absolute Gasteiger partial charge is 0.506 e. The summed E-state index contributed by atoms with van der Waals surface area (Å²) in [4.78, 5) is 21.8. The summed E-state index contributed by atoms with van der Waals surface area (Å²) in [6, 6.07) is 2.79. The second-order valence-corrected chi connectivity index (χ2v) is 4.30. The van der Waals surface area contributed by atoms with Crippen LogP contribution >= 0.6 is 0 Å². The fourth-order valence-electron chi connectivity index (χ4n) is 1.87. The van der Waals surface area contributed by atoms with Crippen molar-refractivity contribution in [3.05, 3.63) is 28.3 Å². The summed E-state index contributed by atoms with van der Waals surface area (Å²) in [5, 5.41) is 34.7. The van der Waals surface area contributed by atoms with Crippen molar-refractivity contribution in [3.8, 4) is 5.75 Å². The molecule has 8 heteroatoms. The molecule has 1 aliphatic rings. The van der Waals surface area contributed by atoms with E-state index in [2.05, 4.69) is 10.6 Å². The number of nitrogens with zero attached hydrogens (tertiary/aromatic N) is 1. The number of nitro benzene ring substituents is 1. The van der Waals surface area contributed by atoms with Crippen LogP contribution in [0.25, 0.3) is 0 Å². The number of hydrogen-bond acceptors (Lipinski definition) is 6. The number of nitro groups is 1. The van der Waals surface area contributed by atoms with E-state index in [0.29, 0.717) is 6.54 Å². The molecule has 102 valence electrons. The third kappa shape index (κ3) is 2.98. The Morgan fingerprint density at radius 1 is 1.53 bits per heavy atom. The third-order valence-corrected chi connectivity index (χ3v) is 2.87. The molecule has 1 heterocycles. The van der Waals surface area contributed by atoms with Crippen molar-refractivity contribution in [2.24, 2.45) is 0 Å². The van der Waals surface area contributed by atoms with Crippen LogP contribution in [-0.4, -0.2) is 39.7 Å². The number of hydrogen-bond donors (Lipinski definition) is 4. The van der Waals surface area contributed by atoms with Crippen molar-refractivity contribution in [1.82, 2.24) is 5.32 Å². The molecule has 2 atom stereocenters. The number of β-amino-alcohol motifs (C(OH)–C–C–N with tert-alkyl or cyclic N) is 1. The number of aliphatic hydroxyl groups is 1. The van der Waals surface area contributed by atoms with Crippen LogP contribution in [0.5, 0.6) is 5.75 Å². The average Bonchev–Trinajstić information content (AvgIpc) is 2.78. The fourth-order valence-corrected chi connectivity index (χ4v) is 1.87. The predicted octanol–water partition coefficient (Wildman–Crippen LogP) is -0.0383. The lowest BCUT2D eigenvalue weighted by atomic mass is 10.2. The van der Waals surface area contributed by atoms with Crippen LogP contribution in [0.3, 0.4) is 0 Å². The number of carbonyl (C=O) groups is 1. The molecule has 1 aliphatic heterocycles. The van der Waals surface area contributed by atoms with E-state index in [1.165, 1.54) is 0 Å². The molecule has 1 aromatic carbocycles. The van der Waals surface area contributed by atoms with Gasteiger partial charge in [0.1, 0.15) is 5.75 Å². The van der Waals surface area contributed by atoms with Crippen molar-refractivity contribution in [2.75, 3.05) is 11.9 Å². The van der Waals surface area contributed by atoms with Gasteiger partial charge in [0.2, 0.25) is 5.91 Å². The molecule has 8 nitrogen and oxygen atoms in total.